The smallest absolute Gasteiger partial charge is 0.328 e. The second kappa shape index (κ2) is 4.09. The van der Waals surface area contributed by atoms with Gasteiger partial charge >= 0.3 is 5.97 Å². The molecule has 17 heavy (non-hydrogen) atoms. The van der Waals surface area contributed by atoms with E-state index in [1.54, 1.807) is 6.08 Å². The number of carboxylic acids is 1. The Balaban J connectivity index is 2.70. The van der Waals surface area contributed by atoms with E-state index in [9.17, 15) is 4.79 Å². The molecule has 0 saturated heterocycles. The van der Waals surface area contributed by atoms with Gasteiger partial charge in [0.2, 0.25) is 0 Å². The van der Waals surface area contributed by atoms with Crippen molar-refractivity contribution in [3.05, 3.63) is 41.1 Å². The van der Waals surface area contributed by atoms with E-state index in [-0.39, 0.29) is 0 Å². The molecule has 0 atom stereocenters. The van der Waals surface area contributed by atoms with Crippen LogP contribution in [0.1, 0.15) is 16.7 Å². The quantitative estimate of drug-likeness (QED) is 0.804. The van der Waals surface area contributed by atoms with Gasteiger partial charge in [-0.25, -0.2) is 4.79 Å². The van der Waals surface area contributed by atoms with Crippen LogP contribution in [0, 0.1) is 13.8 Å². The van der Waals surface area contributed by atoms with Gasteiger partial charge < -0.3 is 9.67 Å². The summed E-state index contributed by atoms with van der Waals surface area (Å²) < 4.78 is 2.03. The van der Waals surface area contributed by atoms with E-state index in [0.29, 0.717) is 0 Å². The molecule has 0 radical (unpaired) electrons. The molecule has 0 aliphatic rings. The van der Waals surface area contributed by atoms with E-state index in [4.69, 9.17) is 5.11 Å². The largest absolute Gasteiger partial charge is 0.478 e. The molecule has 3 nitrogen and oxygen atoms in total. The van der Waals surface area contributed by atoms with Gasteiger partial charge in [-0.15, -0.1) is 0 Å². The Morgan fingerprint density at radius 2 is 2.06 bits per heavy atom. The van der Waals surface area contributed by atoms with Crippen molar-refractivity contribution in [3.8, 4) is 0 Å². The first-order valence-corrected chi connectivity index (χ1v) is 5.46. The molecule has 1 heterocycles. The number of hydrogen-bond acceptors (Lipinski definition) is 1. The van der Waals surface area contributed by atoms with Gasteiger partial charge in [-0.2, -0.15) is 0 Å². The Bertz CT molecular complexity index is 621. The van der Waals surface area contributed by atoms with Gasteiger partial charge in [0, 0.05) is 30.3 Å². The maximum absolute atomic E-state index is 10.6. The molecule has 0 bridgehead atoms. The fourth-order valence-electron chi connectivity index (χ4n) is 2.28. The average Bonchev–Trinajstić information content (AvgIpc) is 2.52. The number of hydrogen-bond donors (Lipinski definition) is 1. The highest BCUT2D eigenvalue weighted by Gasteiger charge is 2.07. The molecule has 2 aromatic rings. The van der Waals surface area contributed by atoms with Crippen molar-refractivity contribution in [3.63, 3.8) is 0 Å². The van der Waals surface area contributed by atoms with Gasteiger partial charge in [-0.1, -0.05) is 11.6 Å². The normalized spacial score (nSPS) is 11.5. The Morgan fingerprint density at radius 1 is 1.35 bits per heavy atom. The highest BCUT2D eigenvalue weighted by molar-refractivity contribution is 5.95. The highest BCUT2D eigenvalue weighted by Crippen LogP contribution is 2.26. The fourth-order valence-corrected chi connectivity index (χ4v) is 2.28. The van der Waals surface area contributed by atoms with Crippen molar-refractivity contribution in [1.82, 2.24) is 4.57 Å². The lowest BCUT2D eigenvalue weighted by Crippen LogP contribution is -1.87. The summed E-state index contributed by atoms with van der Waals surface area (Å²) in [5.74, 6) is -0.925. The van der Waals surface area contributed by atoms with Crippen LogP contribution < -0.4 is 0 Å². The number of aromatic nitrogens is 1. The third-order valence-corrected chi connectivity index (χ3v) is 2.85. The summed E-state index contributed by atoms with van der Waals surface area (Å²) in [6.45, 7) is 4.12. The molecule has 2 rings (SSSR count). The molecule has 0 saturated carbocycles. The van der Waals surface area contributed by atoms with E-state index in [1.807, 2.05) is 24.7 Å². The minimum Gasteiger partial charge on any atom is -0.478 e. The zero-order valence-electron chi connectivity index (χ0n) is 10.2. The first-order chi connectivity index (χ1) is 7.99. The van der Waals surface area contributed by atoms with E-state index in [2.05, 4.69) is 19.1 Å². The summed E-state index contributed by atoms with van der Waals surface area (Å²) >= 11 is 0. The zero-order chi connectivity index (χ0) is 12.6. The highest BCUT2D eigenvalue weighted by atomic mass is 16.4. The van der Waals surface area contributed by atoms with Crippen LogP contribution in [-0.4, -0.2) is 15.6 Å². The minimum absolute atomic E-state index is 0.925. The van der Waals surface area contributed by atoms with E-state index in [1.165, 1.54) is 17.2 Å². The molecular weight excluding hydrogens is 214 g/mol. The molecule has 0 amide bonds. The first-order valence-electron chi connectivity index (χ1n) is 5.46. The predicted molar refractivity (Wildman–Crippen MR) is 69.1 cm³/mol. The van der Waals surface area contributed by atoms with Crippen LogP contribution in [0.3, 0.4) is 0 Å². The van der Waals surface area contributed by atoms with Crippen LogP contribution >= 0.6 is 0 Å². The van der Waals surface area contributed by atoms with Gasteiger partial charge in [0.25, 0.3) is 0 Å². The molecule has 1 aromatic heterocycles. The van der Waals surface area contributed by atoms with Gasteiger partial charge in [0.1, 0.15) is 0 Å². The van der Waals surface area contributed by atoms with E-state index >= 15 is 0 Å². The zero-order valence-corrected chi connectivity index (χ0v) is 10.2. The van der Waals surface area contributed by atoms with Gasteiger partial charge in [0.05, 0.1) is 5.52 Å². The van der Waals surface area contributed by atoms with Crippen LogP contribution in [0.2, 0.25) is 0 Å². The second-order valence-corrected chi connectivity index (χ2v) is 4.34. The minimum atomic E-state index is -0.925. The molecule has 1 N–H and O–H groups in total. The van der Waals surface area contributed by atoms with Crippen molar-refractivity contribution < 1.29 is 9.90 Å². The number of carboxylic acid groups (broad SMARTS) is 1. The lowest BCUT2D eigenvalue weighted by Gasteiger charge is -2.02. The SMILES string of the molecule is Cc1cc(C)c2c(c1)c(/C=C/C(=O)O)cn2C. The lowest BCUT2D eigenvalue weighted by atomic mass is 10.1. The summed E-state index contributed by atoms with van der Waals surface area (Å²) in [5, 5.41) is 9.77. The van der Waals surface area contributed by atoms with Crippen LogP contribution in [0.15, 0.2) is 24.4 Å². The van der Waals surface area contributed by atoms with Crippen molar-refractivity contribution in [2.75, 3.05) is 0 Å². The van der Waals surface area contributed by atoms with Gasteiger partial charge in [-0.05, 0) is 31.6 Å². The molecule has 0 spiro atoms. The molecule has 0 aliphatic heterocycles. The monoisotopic (exact) mass is 229 g/mol. The van der Waals surface area contributed by atoms with Crippen LogP contribution in [0.5, 0.6) is 0 Å². The van der Waals surface area contributed by atoms with E-state index in [0.717, 1.165) is 16.5 Å². The maximum Gasteiger partial charge on any atom is 0.328 e. The van der Waals surface area contributed by atoms with E-state index < -0.39 is 5.97 Å². The molecule has 3 heteroatoms. The number of benzene rings is 1. The molecule has 0 fully saturated rings. The Morgan fingerprint density at radius 3 is 2.71 bits per heavy atom. The summed E-state index contributed by atoms with van der Waals surface area (Å²) in [7, 11) is 1.97. The van der Waals surface area contributed by atoms with Crippen LogP contribution in [-0.2, 0) is 11.8 Å². The predicted octanol–water partition coefficient (Wildman–Crippen LogP) is 2.89. The summed E-state index contributed by atoms with van der Waals surface area (Å²) in [6, 6.07) is 4.22. The number of aliphatic carboxylic acids is 1. The number of fused-ring (bicyclic) bond motifs is 1. The maximum atomic E-state index is 10.6. The second-order valence-electron chi connectivity index (χ2n) is 4.34. The lowest BCUT2D eigenvalue weighted by molar-refractivity contribution is -0.131. The van der Waals surface area contributed by atoms with Crippen molar-refractivity contribution in [2.24, 2.45) is 7.05 Å². The molecule has 0 unspecified atom stereocenters. The van der Waals surface area contributed by atoms with Crippen molar-refractivity contribution in [2.45, 2.75) is 13.8 Å². The Labute approximate surface area is 100.0 Å². The third kappa shape index (κ3) is 2.09. The molecule has 0 aliphatic carbocycles. The molecule has 88 valence electrons. The summed E-state index contributed by atoms with van der Waals surface area (Å²) in [5.41, 5.74) is 4.49. The Kier molecular flexibility index (Phi) is 2.76. The van der Waals surface area contributed by atoms with Crippen LogP contribution in [0.25, 0.3) is 17.0 Å². The third-order valence-electron chi connectivity index (χ3n) is 2.85. The topological polar surface area (TPSA) is 42.2 Å². The van der Waals surface area contributed by atoms with Gasteiger partial charge in [0.15, 0.2) is 0 Å². The number of nitrogens with zero attached hydrogens (tertiary/aromatic N) is 1. The standard InChI is InChI=1S/C14H15NO2/c1-9-6-10(2)14-12(7-9)11(8-15(14)3)4-5-13(16)17/h4-8H,1-3H3,(H,16,17)/b5-4+. The number of carbonyl (C=O) groups is 1. The molecule has 1 aromatic carbocycles. The first kappa shape index (κ1) is 11.5. The van der Waals surface area contributed by atoms with Crippen molar-refractivity contribution in [1.29, 1.82) is 0 Å². The number of rotatable bonds is 2. The van der Waals surface area contributed by atoms with Crippen LogP contribution in [0.4, 0.5) is 0 Å². The Hall–Kier alpha value is -2.03. The number of aryl methyl sites for hydroxylation is 3. The van der Waals surface area contributed by atoms with Crippen molar-refractivity contribution >= 4 is 22.9 Å². The fraction of sp³-hybridized carbons (Fsp3) is 0.214. The summed E-state index contributed by atoms with van der Waals surface area (Å²) in [6.07, 6.45) is 4.77. The molecular formula is C14H15NO2. The van der Waals surface area contributed by atoms with Gasteiger partial charge in [-0.3, -0.25) is 0 Å². The average molecular weight is 229 g/mol. The summed E-state index contributed by atoms with van der Waals surface area (Å²) in [4.78, 5) is 10.6.